The molecular weight excluding hydrogens is 330 g/mol. The minimum Gasteiger partial charge on any atom is -0.462 e. The van der Waals surface area contributed by atoms with E-state index >= 15 is 0 Å². The maximum Gasteiger partial charge on any atom is 0.340 e. The monoisotopic (exact) mass is 349 g/mol. The smallest absolute Gasteiger partial charge is 0.340 e. The van der Waals surface area contributed by atoms with Crippen LogP contribution in [0.4, 0.5) is 0 Å². The van der Waals surface area contributed by atoms with Gasteiger partial charge in [-0.25, -0.2) is 9.59 Å². The third-order valence-corrected chi connectivity index (χ3v) is 3.94. The van der Waals surface area contributed by atoms with Gasteiger partial charge in [0, 0.05) is 22.1 Å². The van der Waals surface area contributed by atoms with E-state index in [4.69, 9.17) is 21.1 Å². The van der Waals surface area contributed by atoms with Gasteiger partial charge >= 0.3 is 11.9 Å². The molecule has 128 valence electrons. The van der Waals surface area contributed by atoms with Gasteiger partial charge in [-0.1, -0.05) is 11.6 Å². The number of ether oxygens (including phenoxy) is 2. The Morgan fingerprint density at radius 2 is 1.33 bits per heavy atom. The molecule has 0 N–H and O–H groups in total. The van der Waals surface area contributed by atoms with Crippen molar-refractivity contribution in [2.45, 2.75) is 27.7 Å². The van der Waals surface area contributed by atoms with Crippen LogP contribution in [0.25, 0.3) is 5.69 Å². The lowest BCUT2D eigenvalue weighted by Crippen LogP contribution is -2.13. The molecule has 6 heteroatoms. The molecule has 0 spiro atoms. The summed E-state index contributed by atoms with van der Waals surface area (Å²) in [6.07, 6.45) is 0. The highest BCUT2D eigenvalue weighted by molar-refractivity contribution is 6.30. The second-order valence-corrected chi connectivity index (χ2v) is 5.61. The number of carbonyl (C=O) groups excluding carboxylic acids is 2. The van der Waals surface area contributed by atoms with Gasteiger partial charge in [0.05, 0.1) is 24.3 Å². The number of esters is 2. The zero-order chi connectivity index (χ0) is 17.9. The molecule has 0 aliphatic rings. The molecule has 0 aliphatic heterocycles. The summed E-state index contributed by atoms with van der Waals surface area (Å²) in [5.41, 5.74) is 2.52. The van der Waals surface area contributed by atoms with Gasteiger partial charge in [-0.2, -0.15) is 0 Å². The fourth-order valence-electron chi connectivity index (χ4n) is 2.72. The Morgan fingerprint density at radius 3 is 1.71 bits per heavy atom. The summed E-state index contributed by atoms with van der Waals surface area (Å²) < 4.78 is 12.1. The summed E-state index contributed by atoms with van der Waals surface area (Å²) in [6.45, 7) is 7.45. The molecule has 24 heavy (non-hydrogen) atoms. The molecule has 0 bridgehead atoms. The molecule has 0 amide bonds. The van der Waals surface area contributed by atoms with Gasteiger partial charge in [0.15, 0.2) is 0 Å². The van der Waals surface area contributed by atoms with Gasteiger partial charge in [0.25, 0.3) is 0 Å². The second-order valence-electron chi connectivity index (χ2n) is 5.17. The van der Waals surface area contributed by atoms with E-state index in [9.17, 15) is 9.59 Å². The van der Waals surface area contributed by atoms with Gasteiger partial charge in [-0.15, -0.1) is 0 Å². The Labute approximate surface area is 146 Å². The standard InChI is InChI=1S/C18H20ClNO4/c1-5-23-17(21)15-11(3)20(14-9-7-13(19)8-10-14)12(4)16(15)18(22)24-6-2/h7-10H,5-6H2,1-4H3. The van der Waals surface area contributed by atoms with Crippen LogP contribution in [-0.4, -0.2) is 29.7 Å². The first kappa shape index (κ1) is 18.1. The molecule has 0 saturated carbocycles. The van der Waals surface area contributed by atoms with E-state index in [1.807, 2.05) is 16.7 Å². The molecule has 5 nitrogen and oxygen atoms in total. The molecular formula is C18H20ClNO4. The van der Waals surface area contributed by atoms with E-state index in [0.717, 1.165) is 5.69 Å². The van der Waals surface area contributed by atoms with Crippen LogP contribution in [0, 0.1) is 13.8 Å². The summed E-state index contributed by atoms with van der Waals surface area (Å²) in [7, 11) is 0. The van der Waals surface area contributed by atoms with Gasteiger partial charge in [0.1, 0.15) is 0 Å². The molecule has 1 aromatic carbocycles. The molecule has 0 unspecified atom stereocenters. The van der Waals surface area contributed by atoms with Crippen LogP contribution < -0.4 is 0 Å². The van der Waals surface area contributed by atoms with Crippen molar-refractivity contribution in [3.63, 3.8) is 0 Å². The van der Waals surface area contributed by atoms with E-state index < -0.39 is 11.9 Å². The van der Waals surface area contributed by atoms with Crippen LogP contribution in [0.15, 0.2) is 24.3 Å². The lowest BCUT2D eigenvalue weighted by Gasteiger charge is -2.10. The van der Waals surface area contributed by atoms with Crippen LogP contribution in [0.5, 0.6) is 0 Å². The van der Waals surface area contributed by atoms with E-state index in [0.29, 0.717) is 16.4 Å². The summed E-state index contributed by atoms with van der Waals surface area (Å²) in [5, 5.41) is 0.609. The van der Waals surface area contributed by atoms with Crippen LogP contribution in [0.1, 0.15) is 46.0 Å². The predicted molar refractivity (Wildman–Crippen MR) is 92.2 cm³/mol. The minimum absolute atomic E-state index is 0.228. The van der Waals surface area contributed by atoms with E-state index in [-0.39, 0.29) is 24.3 Å². The number of rotatable bonds is 5. The molecule has 1 heterocycles. The molecule has 0 aliphatic carbocycles. The molecule has 2 rings (SSSR count). The molecule has 1 aromatic heterocycles. The fourth-order valence-corrected chi connectivity index (χ4v) is 2.85. The van der Waals surface area contributed by atoms with Crippen molar-refractivity contribution in [1.82, 2.24) is 4.57 Å². The second kappa shape index (κ2) is 7.53. The fraction of sp³-hybridized carbons (Fsp3) is 0.333. The lowest BCUT2D eigenvalue weighted by atomic mass is 10.1. The number of carbonyl (C=O) groups is 2. The van der Waals surface area contributed by atoms with Crippen LogP contribution >= 0.6 is 11.6 Å². The van der Waals surface area contributed by atoms with Crippen molar-refractivity contribution in [2.24, 2.45) is 0 Å². The SMILES string of the molecule is CCOC(=O)c1c(C(=O)OCC)c(C)n(-c2ccc(Cl)cc2)c1C. The average molecular weight is 350 g/mol. The summed E-state index contributed by atoms with van der Waals surface area (Å²) in [5.74, 6) is -1.07. The Bertz CT molecular complexity index is 721. The number of hydrogen-bond donors (Lipinski definition) is 0. The largest absolute Gasteiger partial charge is 0.462 e. The summed E-state index contributed by atoms with van der Waals surface area (Å²) in [4.78, 5) is 24.8. The average Bonchev–Trinajstić information content (AvgIpc) is 2.80. The number of nitrogens with zero attached hydrogens (tertiary/aromatic N) is 1. The first-order chi connectivity index (χ1) is 11.4. The van der Waals surface area contributed by atoms with E-state index in [2.05, 4.69) is 0 Å². The van der Waals surface area contributed by atoms with Crippen molar-refractivity contribution in [3.05, 3.63) is 51.8 Å². The zero-order valence-corrected chi connectivity index (χ0v) is 14.9. The van der Waals surface area contributed by atoms with Gasteiger partial charge in [-0.05, 0) is 52.0 Å². The van der Waals surface area contributed by atoms with Crippen molar-refractivity contribution in [2.75, 3.05) is 13.2 Å². The topological polar surface area (TPSA) is 57.5 Å². The third-order valence-electron chi connectivity index (χ3n) is 3.69. The normalized spacial score (nSPS) is 10.5. The molecule has 0 saturated heterocycles. The number of halogens is 1. The molecule has 0 fully saturated rings. The number of benzene rings is 1. The quantitative estimate of drug-likeness (QED) is 0.762. The third kappa shape index (κ3) is 3.31. The summed E-state index contributed by atoms with van der Waals surface area (Å²) in [6, 6.07) is 7.16. The van der Waals surface area contributed by atoms with E-state index in [1.165, 1.54) is 0 Å². The highest BCUT2D eigenvalue weighted by Gasteiger charge is 2.29. The van der Waals surface area contributed by atoms with Crippen molar-refractivity contribution < 1.29 is 19.1 Å². The van der Waals surface area contributed by atoms with Crippen LogP contribution in [0.2, 0.25) is 5.02 Å². The van der Waals surface area contributed by atoms with Crippen molar-refractivity contribution in [3.8, 4) is 5.69 Å². The summed E-state index contributed by atoms with van der Waals surface area (Å²) >= 11 is 5.94. The minimum atomic E-state index is -0.533. The van der Waals surface area contributed by atoms with Gasteiger partial charge in [0.2, 0.25) is 0 Å². The molecule has 2 aromatic rings. The maximum absolute atomic E-state index is 12.4. The molecule has 0 atom stereocenters. The Morgan fingerprint density at radius 1 is 0.917 bits per heavy atom. The van der Waals surface area contributed by atoms with Gasteiger partial charge in [-0.3, -0.25) is 0 Å². The van der Waals surface area contributed by atoms with Gasteiger partial charge < -0.3 is 14.0 Å². The zero-order valence-electron chi connectivity index (χ0n) is 14.2. The van der Waals surface area contributed by atoms with Crippen LogP contribution in [0.3, 0.4) is 0 Å². The molecule has 0 radical (unpaired) electrons. The maximum atomic E-state index is 12.4. The van der Waals surface area contributed by atoms with Crippen molar-refractivity contribution >= 4 is 23.5 Å². The first-order valence-electron chi connectivity index (χ1n) is 7.74. The number of aromatic nitrogens is 1. The Balaban J connectivity index is 2.69. The highest BCUT2D eigenvalue weighted by atomic mass is 35.5. The first-order valence-corrected chi connectivity index (χ1v) is 8.12. The van der Waals surface area contributed by atoms with Crippen LogP contribution in [-0.2, 0) is 9.47 Å². The number of hydrogen-bond acceptors (Lipinski definition) is 4. The predicted octanol–water partition coefficient (Wildman–Crippen LogP) is 4.10. The Hall–Kier alpha value is -2.27. The highest BCUT2D eigenvalue weighted by Crippen LogP contribution is 2.28. The van der Waals surface area contributed by atoms with Crippen molar-refractivity contribution in [1.29, 1.82) is 0 Å². The Kier molecular flexibility index (Phi) is 5.67. The lowest BCUT2D eigenvalue weighted by molar-refractivity contribution is 0.0479. The van der Waals surface area contributed by atoms with E-state index in [1.54, 1.807) is 39.8 Å².